The van der Waals surface area contributed by atoms with Gasteiger partial charge in [-0.25, -0.2) is 0 Å². The summed E-state index contributed by atoms with van der Waals surface area (Å²) in [4.78, 5) is 12.8. The van der Waals surface area contributed by atoms with E-state index >= 15 is 0 Å². The van der Waals surface area contributed by atoms with E-state index < -0.39 is 0 Å². The molecule has 0 aromatic carbocycles. The summed E-state index contributed by atoms with van der Waals surface area (Å²) in [6, 6.07) is 2.00. The van der Waals surface area contributed by atoms with Crippen molar-refractivity contribution in [2.75, 3.05) is 13.6 Å². The maximum absolute atomic E-state index is 11.3. The number of nitrogens with zero attached hydrogens (tertiary/aromatic N) is 2. The van der Waals surface area contributed by atoms with Crippen LogP contribution in [0.2, 0.25) is 0 Å². The number of alkyl halides is 1. The zero-order valence-electron chi connectivity index (χ0n) is 7.38. The van der Waals surface area contributed by atoms with Gasteiger partial charge in [0.15, 0.2) is 0 Å². The summed E-state index contributed by atoms with van der Waals surface area (Å²) >= 11 is 3.26. The SMILES string of the molecule is CCC(Br)C(=O)N(C)CCC#N. The van der Waals surface area contributed by atoms with Gasteiger partial charge in [-0.1, -0.05) is 22.9 Å². The van der Waals surface area contributed by atoms with Crippen LogP contribution in [-0.4, -0.2) is 29.2 Å². The highest BCUT2D eigenvalue weighted by atomic mass is 79.9. The van der Waals surface area contributed by atoms with E-state index in [9.17, 15) is 4.79 Å². The van der Waals surface area contributed by atoms with Crippen LogP contribution in [0.25, 0.3) is 0 Å². The Kier molecular flexibility index (Phi) is 5.73. The van der Waals surface area contributed by atoms with E-state index in [-0.39, 0.29) is 10.7 Å². The zero-order chi connectivity index (χ0) is 9.56. The van der Waals surface area contributed by atoms with Gasteiger partial charge in [0.05, 0.1) is 17.3 Å². The first-order valence-corrected chi connectivity index (χ1v) is 4.81. The molecule has 0 aliphatic carbocycles. The number of halogens is 1. The van der Waals surface area contributed by atoms with Gasteiger partial charge >= 0.3 is 0 Å². The molecule has 0 saturated heterocycles. The minimum absolute atomic E-state index is 0.0488. The number of carbonyl (C=O) groups excluding carboxylic acids is 1. The van der Waals surface area contributed by atoms with Gasteiger partial charge in [-0.05, 0) is 6.42 Å². The van der Waals surface area contributed by atoms with Gasteiger partial charge in [0.25, 0.3) is 0 Å². The standard InChI is InChI=1S/C8H13BrN2O/c1-3-7(9)8(12)11(2)6-4-5-10/h7H,3-4,6H2,1-2H3. The molecular formula is C8H13BrN2O. The van der Waals surface area contributed by atoms with E-state index in [0.717, 1.165) is 6.42 Å². The van der Waals surface area contributed by atoms with E-state index in [2.05, 4.69) is 15.9 Å². The fraction of sp³-hybridized carbons (Fsp3) is 0.750. The molecule has 0 N–H and O–H groups in total. The molecule has 3 nitrogen and oxygen atoms in total. The average Bonchev–Trinajstić information content (AvgIpc) is 2.11. The smallest absolute Gasteiger partial charge is 0.236 e. The van der Waals surface area contributed by atoms with Crippen molar-refractivity contribution in [3.8, 4) is 6.07 Å². The number of hydrogen-bond acceptors (Lipinski definition) is 2. The van der Waals surface area contributed by atoms with Gasteiger partial charge in [-0.3, -0.25) is 4.79 Å². The lowest BCUT2D eigenvalue weighted by atomic mass is 10.3. The number of amides is 1. The molecule has 0 radical (unpaired) electrons. The summed E-state index contributed by atoms with van der Waals surface area (Å²) in [7, 11) is 1.71. The lowest BCUT2D eigenvalue weighted by molar-refractivity contribution is -0.129. The van der Waals surface area contributed by atoms with Gasteiger partial charge in [-0.15, -0.1) is 0 Å². The fourth-order valence-corrected chi connectivity index (χ4v) is 1.09. The quantitative estimate of drug-likeness (QED) is 0.691. The second-order valence-corrected chi connectivity index (χ2v) is 3.65. The van der Waals surface area contributed by atoms with Crippen LogP contribution < -0.4 is 0 Å². The van der Waals surface area contributed by atoms with Crippen molar-refractivity contribution in [2.24, 2.45) is 0 Å². The van der Waals surface area contributed by atoms with Gasteiger partial charge in [0, 0.05) is 13.6 Å². The largest absolute Gasteiger partial charge is 0.344 e. The summed E-state index contributed by atoms with van der Waals surface area (Å²) in [5.41, 5.74) is 0. The summed E-state index contributed by atoms with van der Waals surface area (Å²) in [6.45, 7) is 2.45. The normalized spacial score (nSPS) is 11.8. The molecule has 0 aliphatic heterocycles. The van der Waals surface area contributed by atoms with Crippen LogP contribution in [0.1, 0.15) is 19.8 Å². The highest BCUT2D eigenvalue weighted by molar-refractivity contribution is 9.10. The van der Waals surface area contributed by atoms with Crippen molar-refractivity contribution in [2.45, 2.75) is 24.6 Å². The summed E-state index contributed by atoms with van der Waals surface area (Å²) in [5, 5.41) is 8.29. The van der Waals surface area contributed by atoms with Crippen LogP contribution in [0.5, 0.6) is 0 Å². The molecule has 0 saturated carbocycles. The predicted octanol–water partition coefficient (Wildman–Crippen LogP) is 1.53. The Balaban J connectivity index is 3.85. The first-order valence-electron chi connectivity index (χ1n) is 3.89. The lowest BCUT2D eigenvalue weighted by Gasteiger charge is -2.17. The van der Waals surface area contributed by atoms with Gasteiger partial charge in [0.1, 0.15) is 0 Å². The van der Waals surface area contributed by atoms with Crippen molar-refractivity contribution in [1.82, 2.24) is 4.90 Å². The molecule has 4 heteroatoms. The Morgan fingerprint density at radius 3 is 2.75 bits per heavy atom. The summed E-state index contributed by atoms with van der Waals surface area (Å²) < 4.78 is 0. The van der Waals surface area contributed by atoms with Crippen LogP contribution in [-0.2, 0) is 4.79 Å². The third-order valence-electron chi connectivity index (χ3n) is 1.56. The molecule has 1 atom stereocenters. The molecule has 0 rings (SSSR count). The Bertz CT molecular complexity index is 188. The topological polar surface area (TPSA) is 44.1 Å². The van der Waals surface area contributed by atoms with Crippen LogP contribution >= 0.6 is 15.9 Å². The summed E-state index contributed by atoms with van der Waals surface area (Å²) in [6.07, 6.45) is 1.17. The monoisotopic (exact) mass is 232 g/mol. The van der Waals surface area contributed by atoms with Crippen LogP contribution in [0.4, 0.5) is 0 Å². The second-order valence-electron chi connectivity index (χ2n) is 2.54. The van der Waals surface area contributed by atoms with Crippen molar-refractivity contribution >= 4 is 21.8 Å². The molecular weight excluding hydrogens is 220 g/mol. The molecule has 0 bridgehead atoms. The molecule has 0 aromatic heterocycles. The Morgan fingerprint density at radius 1 is 1.75 bits per heavy atom. The van der Waals surface area contributed by atoms with Crippen LogP contribution in [0, 0.1) is 11.3 Å². The van der Waals surface area contributed by atoms with Gasteiger partial charge in [-0.2, -0.15) is 5.26 Å². The van der Waals surface area contributed by atoms with E-state index in [1.54, 1.807) is 11.9 Å². The molecule has 1 amide bonds. The van der Waals surface area contributed by atoms with E-state index in [1.807, 2.05) is 13.0 Å². The first-order chi connectivity index (χ1) is 5.63. The number of carbonyl (C=O) groups is 1. The minimum Gasteiger partial charge on any atom is -0.344 e. The molecule has 0 spiro atoms. The van der Waals surface area contributed by atoms with Crippen molar-refractivity contribution < 1.29 is 4.79 Å². The van der Waals surface area contributed by atoms with Gasteiger partial charge in [0.2, 0.25) is 5.91 Å². The molecule has 0 fully saturated rings. The third kappa shape index (κ3) is 3.72. The highest BCUT2D eigenvalue weighted by Gasteiger charge is 2.16. The Hall–Kier alpha value is -0.560. The van der Waals surface area contributed by atoms with Crippen molar-refractivity contribution in [1.29, 1.82) is 5.26 Å². The minimum atomic E-state index is -0.110. The maximum atomic E-state index is 11.3. The van der Waals surface area contributed by atoms with E-state index in [0.29, 0.717) is 13.0 Å². The summed E-state index contributed by atoms with van der Waals surface area (Å²) in [5.74, 6) is 0.0488. The molecule has 68 valence electrons. The third-order valence-corrected chi connectivity index (χ3v) is 2.60. The average molecular weight is 233 g/mol. The predicted molar refractivity (Wildman–Crippen MR) is 50.9 cm³/mol. The second kappa shape index (κ2) is 6.01. The highest BCUT2D eigenvalue weighted by Crippen LogP contribution is 2.07. The first kappa shape index (κ1) is 11.4. The molecule has 0 heterocycles. The van der Waals surface area contributed by atoms with Gasteiger partial charge < -0.3 is 4.90 Å². The maximum Gasteiger partial charge on any atom is 0.236 e. The van der Waals surface area contributed by atoms with Crippen LogP contribution in [0.3, 0.4) is 0 Å². The molecule has 12 heavy (non-hydrogen) atoms. The van der Waals surface area contributed by atoms with E-state index in [1.165, 1.54) is 0 Å². The number of nitriles is 1. The Labute approximate surface area is 81.5 Å². The van der Waals surface area contributed by atoms with Crippen molar-refractivity contribution in [3.63, 3.8) is 0 Å². The number of rotatable bonds is 4. The molecule has 1 unspecified atom stereocenters. The van der Waals surface area contributed by atoms with Crippen molar-refractivity contribution in [3.05, 3.63) is 0 Å². The zero-order valence-corrected chi connectivity index (χ0v) is 8.97. The lowest BCUT2D eigenvalue weighted by Crippen LogP contribution is -2.33. The Morgan fingerprint density at radius 2 is 2.33 bits per heavy atom. The van der Waals surface area contributed by atoms with Crippen LogP contribution in [0.15, 0.2) is 0 Å². The fourth-order valence-electron chi connectivity index (χ4n) is 0.742. The van der Waals surface area contributed by atoms with E-state index in [4.69, 9.17) is 5.26 Å². The molecule has 0 aliphatic rings. The molecule has 0 aromatic rings. The number of hydrogen-bond donors (Lipinski definition) is 0.